The number of sulfonamides is 1. The van der Waals surface area contributed by atoms with E-state index in [9.17, 15) is 8.42 Å². The molecule has 0 bridgehead atoms. The standard InChI is InChI=1S/C17H25N5O4S/c1-5-18-16-10-12(2)21-17(22-16)19-8-9-20-27(23,24)15-11-13(25-3)6-7-14(15)26-4/h6-7,10-11,20H,5,8-9H2,1-4H3,(H2,18,19,21,22). The van der Waals surface area contributed by atoms with Gasteiger partial charge in [0.05, 0.1) is 14.2 Å². The third kappa shape index (κ3) is 5.69. The SMILES string of the molecule is CCNc1cc(C)nc(NCCNS(=O)(=O)c2cc(OC)ccc2OC)n1. The third-order valence-corrected chi connectivity index (χ3v) is 5.05. The number of aryl methyl sites for hydroxylation is 1. The molecule has 0 aliphatic heterocycles. The molecule has 0 fully saturated rings. The minimum atomic E-state index is -3.76. The summed E-state index contributed by atoms with van der Waals surface area (Å²) >= 11 is 0. The summed E-state index contributed by atoms with van der Waals surface area (Å²) < 4.78 is 37.9. The lowest BCUT2D eigenvalue weighted by atomic mass is 10.3. The molecule has 0 saturated heterocycles. The zero-order valence-electron chi connectivity index (χ0n) is 15.9. The van der Waals surface area contributed by atoms with Crippen LogP contribution in [0.15, 0.2) is 29.2 Å². The number of anilines is 2. The van der Waals surface area contributed by atoms with Crippen molar-refractivity contribution in [3.8, 4) is 11.5 Å². The molecule has 0 aliphatic carbocycles. The average Bonchev–Trinajstić information content (AvgIpc) is 2.64. The Bertz CT molecular complexity index is 874. The molecule has 0 spiro atoms. The van der Waals surface area contributed by atoms with E-state index < -0.39 is 10.0 Å². The van der Waals surface area contributed by atoms with Crippen molar-refractivity contribution in [2.45, 2.75) is 18.7 Å². The van der Waals surface area contributed by atoms with Gasteiger partial charge in [-0.25, -0.2) is 18.1 Å². The maximum atomic E-state index is 12.6. The van der Waals surface area contributed by atoms with Crippen molar-refractivity contribution in [2.24, 2.45) is 0 Å². The molecule has 1 aromatic heterocycles. The number of ether oxygens (including phenoxy) is 2. The van der Waals surface area contributed by atoms with Crippen molar-refractivity contribution in [1.29, 1.82) is 0 Å². The fourth-order valence-electron chi connectivity index (χ4n) is 2.35. The first-order chi connectivity index (χ1) is 12.9. The number of nitrogens with zero attached hydrogens (tertiary/aromatic N) is 2. The molecule has 2 aromatic rings. The van der Waals surface area contributed by atoms with E-state index in [1.54, 1.807) is 12.1 Å². The van der Waals surface area contributed by atoms with Gasteiger partial charge in [-0.1, -0.05) is 0 Å². The largest absolute Gasteiger partial charge is 0.497 e. The Balaban J connectivity index is 2.00. The highest BCUT2D eigenvalue weighted by Gasteiger charge is 2.20. The van der Waals surface area contributed by atoms with E-state index in [2.05, 4.69) is 25.3 Å². The second-order valence-electron chi connectivity index (χ2n) is 5.59. The summed E-state index contributed by atoms with van der Waals surface area (Å²) in [5.74, 6) is 1.82. The lowest BCUT2D eigenvalue weighted by molar-refractivity contribution is 0.392. The van der Waals surface area contributed by atoms with Gasteiger partial charge in [0.15, 0.2) is 0 Å². The smallest absolute Gasteiger partial charge is 0.244 e. The number of benzene rings is 1. The first kappa shape index (κ1) is 20.7. The molecular formula is C17H25N5O4S. The van der Waals surface area contributed by atoms with Crippen molar-refractivity contribution in [2.75, 3.05) is 44.5 Å². The van der Waals surface area contributed by atoms with Crippen LogP contribution in [-0.4, -0.2) is 52.2 Å². The maximum absolute atomic E-state index is 12.6. The Labute approximate surface area is 159 Å². The van der Waals surface area contributed by atoms with Crippen LogP contribution in [0.2, 0.25) is 0 Å². The first-order valence-corrected chi connectivity index (χ1v) is 9.93. The van der Waals surface area contributed by atoms with Crippen LogP contribution in [0.5, 0.6) is 11.5 Å². The molecule has 10 heteroatoms. The second-order valence-corrected chi connectivity index (χ2v) is 7.33. The molecule has 9 nitrogen and oxygen atoms in total. The summed E-state index contributed by atoms with van der Waals surface area (Å²) in [6.45, 7) is 5.06. The Morgan fingerprint density at radius 1 is 1.04 bits per heavy atom. The van der Waals surface area contributed by atoms with E-state index in [-0.39, 0.29) is 17.2 Å². The van der Waals surface area contributed by atoms with Crippen LogP contribution in [0.4, 0.5) is 11.8 Å². The van der Waals surface area contributed by atoms with Crippen molar-refractivity contribution < 1.29 is 17.9 Å². The van der Waals surface area contributed by atoms with E-state index in [0.717, 1.165) is 12.2 Å². The highest BCUT2D eigenvalue weighted by molar-refractivity contribution is 7.89. The van der Waals surface area contributed by atoms with Gasteiger partial charge in [0.25, 0.3) is 0 Å². The van der Waals surface area contributed by atoms with E-state index in [0.29, 0.717) is 24.1 Å². The fraction of sp³-hybridized carbons (Fsp3) is 0.412. The zero-order valence-corrected chi connectivity index (χ0v) is 16.7. The summed E-state index contributed by atoms with van der Waals surface area (Å²) in [5, 5.41) is 6.13. The first-order valence-electron chi connectivity index (χ1n) is 8.44. The number of methoxy groups -OCH3 is 2. The molecule has 0 aliphatic rings. The molecule has 0 radical (unpaired) electrons. The Kier molecular flexibility index (Phi) is 7.19. The molecule has 1 heterocycles. The second kappa shape index (κ2) is 9.38. The molecule has 3 N–H and O–H groups in total. The van der Waals surface area contributed by atoms with Gasteiger partial charge < -0.3 is 20.1 Å². The van der Waals surface area contributed by atoms with Crippen LogP contribution in [0.25, 0.3) is 0 Å². The number of rotatable bonds is 10. The zero-order chi connectivity index (χ0) is 19.9. The van der Waals surface area contributed by atoms with Crippen LogP contribution >= 0.6 is 0 Å². The van der Waals surface area contributed by atoms with E-state index >= 15 is 0 Å². The Morgan fingerprint density at radius 2 is 1.81 bits per heavy atom. The summed E-state index contributed by atoms with van der Waals surface area (Å²) in [4.78, 5) is 8.62. The molecule has 148 valence electrons. The van der Waals surface area contributed by atoms with Crippen molar-refractivity contribution in [3.63, 3.8) is 0 Å². The van der Waals surface area contributed by atoms with Crippen molar-refractivity contribution in [1.82, 2.24) is 14.7 Å². The monoisotopic (exact) mass is 395 g/mol. The van der Waals surface area contributed by atoms with Gasteiger partial charge in [0.1, 0.15) is 22.2 Å². The predicted octanol–water partition coefficient (Wildman–Crippen LogP) is 1.62. The molecule has 27 heavy (non-hydrogen) atoms. The van der Waals surface area contributed by atoms with Crippen LogP contribution in [-0.2, 0) is 10.0 Å². The predicted molar refractivity (Wildman–Crippen MR) is 104 cm³/mol. The van der Waals surface area contributed by atoms with E-state index in [1.165, 1.54) is 20.3 Å². The highest BCUT2D eigenvalue weighted by atomic mass is 32.2. The average molecular weight is 395 g/mol. The van der Waals surface area contributed by atoms with E-state index in [4.69, 9.17) is 9.47 Å². The lowest BCUT2D eigenvalue weighted by Gasteiger charge is -2.13. The molecule has 0 saturated carbocycles. The number of nitrogens with one attached hydrogen (secondary N) is 3. The molecular weight excluding hydrogens is 370 g/mol. The summed E-state index contributed by atoms with van der Waals surface area (Å²) in [6.07, 6.45) is 0. The summed E-state index contributed by atoms with van der Waals surface area (Å²) in [5.41, 5.74) is 0.810. The maximum Gasteiger partial charge on any atom is 0.244 e. The van der Waals surface area contributed by atoms with Crippen LogP contribution in [0.1, 0.15) is 12.6 Å². The fourth-order valence-corrected chi connectivity index (χ4v) is 3.56. The van der Waals surface area contributed by atoms with Crippen LogP contribution in [0, 0.1) is 6.92 Å². The molecule has 0 unspecified atom stereocenters. The normalized spacial score (nSPS) is 11.1. The molecule has 2 rings (SSSR count). The van der Waals surface area contributed by atoms with Gasteiger partial charge in [0.2, 0.25) is 16.0 Å². The Morgan fingerprint density at radius 3 is 2.48 bits per heavy atom. The van der Waals surface area contributed by atoms with Gasteiger partial charge in [0, 0.05) is 37.5 Å². The topological polar surface area (TPSA) is 114 Å². The number of aromatic nitrogens is 2. The third-order valence-electron chi connectivity index (χ3n) is 3.57. The van der Waals surface area contributed by atoms with Gasteiger partial charge in [-0.05, 0) is 26.0 Å². The summed E-state index contributed by atoms with van der Waals surface area (Å²) in [7, 11) is -0.876. The lowest BCUT2D eigenvalue weighted by Crippen LogP contribution is -2.29. The van der Waals surface area contributed by atoms with Crippen LogP contribution in [0.3, 0.4) is 0 Å². The van der Waals surface area contributed by atoms with Gasteiger partial charge in [-0.2, -0.15) is 4.98 Å². The van der Waals surface area contributed by atoms with Gasteiger partial charge >= 0.3 is 0 Å². The molecule has 1 aromatic carbocycles. The van der Waals surface area contributed by atoms with E-state index in [1.807, 2.05) is 19.9 Å². The van der Waals surface area contributed by atoms with Crippen molar-refractivity contribution in [3.05, 3.63) is 30.0 Å². The highest BCUT2D eigenvalue weighted by Crippen LogP contribution is 2.27. The van der Waals surface area contributed by atoms with Gasteiger partial charge in [-0.15, -0.1) is 0 Å². The minimum absolute atomic E-state index is 0.0191. The molecule has 0 amide bonds. The molecule has 0 atom stereocenters. The number of hydrogen-bond acceptors (Lipinski definition) is 8. The van der Waals surface area contributed by atoms with Crippen molar-refractivity contribution >= 4 is 21.8 Å². The quantitative estimate of drug-likeness (QED) is 0.520. The van der Waals surface area contributed by atoms with Gasteiger partial charge in [-0.3, -0.25) is 0 Å². The Hall–Kier alpha value is -2.59. The summed E-state index contributed by atoms with van der Waals surface area (Å²) in [6, 6.07) is 6.44. The number of hydrogen-bond donors (Lipinski definition) is 3. The van der Waals surface area contributed by atoms with Crippen LogP contribution < -0.4 is 24.8 Å². The minimum Gasteiger partial charge on any atom is -0.497 e.